The van der Waals surface area contributed by atoms with E-state index >= 15 is 0 Å². The van der Waals surface area contributed by atoms with Crippen molar-refractivity contribution in [2.75, 3.05) is 26.4 Å². The first-order valence-electron chi connectivity index (χ1n) is 7.69. The molecule has 0 amide bonds. The maximum Gasteiger partial charge on any atom is 0.133 e. The summed E-state index contributed by atoms with van der Waals surface area (Å²) in [6, 6.07) is 6.80. The van der Waals surface area contributed by atoms with E-state index in [-0.39, 0.29) is 23.9 Å². The summed E-state index contributed by atoms with van der Waals surface area (Å²) in [6.07, 6.45) is 0. The predicted octanol–water partition coefficient (Wildman–Crippen LogP) is 2.92. The lowest BCUT2D eigenvalue weighted by Crippen LogP contribution is -2.52. The maximum absolute atomic E-state index is 13.9. The molecule has 23 heavy (non-hydrogen) atoms. The highest BCUT2D eigenvalue weighted by molar-refractivity contribution is 7.15. The summed E-state index contributed by atoms with van der Waals surface area (Å²) < 4.78 is 19.1. The fourth-order valence-electron chi connectivity index (χ4n) is 2.66. The van der Waals surface area contributed by atoms with Crippen LogP contribution in [0, 0.1) is 18.2 Å². The fourth-order valence-corrected chi connectivity index (χ4v) is 3.78. The molecule has 4 nitrogen and oxygen atoms in total. The molecule has 1 aliphatic rings. The van der Waals surface area contributed by atoms with E-state index in [1.807, 2.05) is 13.0 Å². The van der Waals surface area contributed by atoms with Crippen LogP contribution < -0.4 is 5.32 Å². The van der Waals surface area contributed by atoms with E-state index in [9.17, 15) is 9.50 Å². The molecule has 1 aromatic heterocycles. The molecule has 3 rings (SSSR count). The quantitative estimate of drug-likeness (QED) is 0.852. The zero-order chi connectivity index (χ0) is 16.4. The molecule has 1 aromatic carbocycles. The Balaban J connectivity index is 1.74. The first-order valence-corrected chi connectivity index (χ1v) is 8.50. The van der Waals surface area contributed by atoms with Crippen molar-refractivity contribution in [1.82, 2.24) is 10.3 Å². The van der Waals surface area contributed by atoms with Gasteiger partial charge >= 0.3 is 0 Å². The van der Waals surface area contributed by atoms with Crippen LogP contribution in [0.3, 0.4) is 0 Å². The molecule has 2 heterocycles. The van der Waals surface area contributed by atoms with Crippen LogP contribution in [0.2, 0.25) is 0 Å². The molecule has 2 N–H and O–H groups in total. The number of ether oxygens (including phenoxy) is 1. The van der Waals surface area contributed by atoms with E-state index in [1.54, 1.807) is 12.1 Å². The Morgan fingerprint density at radius 1 is 1.43 bits per heavy atom. The number of rotatable bonds is 6. The fraction of sp³-hybridized carbons (Fsp3) is 0.471. The summed E-state index contributed by atoms with van der Waals surface area (Å²) in [4.78, 5) is 5.62. The zero-order valence-electron chi connectivity index (χ0n) is 13.3. The third-order valence-electron chi connectivity index (χ3n) is 4.27. The summed E-state index contributed by atoms with van der Waals surface area (Å²) in [5, 5.41) is 13.6. The molecule has 1 unspecified atom stereocenters. The Bertz CT molecular complexity index is 679. The van der Waals surface area contributed by atoms with Gasteiger partial charge in [-0.2, -0.15) is 0 Å². The van der Waals surface area contributed by atoms with Crippen molar-refractivity contribution in [1.29, 1.82) is 0 Å². The lowest BCUT2D eigenvalue weighted by Gasteiger charge is -2.40. The second-order valence-corrected chi connectivity index (χ2v) is 7.23. The van der Waals surface area contributed by atoms with Crippen molar-refractivity contribution in [3.05, 3.63) is 40.7 Å². The highest BCUT2D eigenvalue weighted by Crippen LogP contribution is 2.34. The first-order chi connectivity index (χ1) is 11.0. The van der Waals surface area contributed by atoms with Gasteiger partial charge in [-0.1, -0.05) is 12.1 Å². The molecule has 0 saturated carbocycles. The largest absolute Gasteiger partial charge is 0.396 e. The van der Waals surface area contributed by atoms with Crippen LogP contribution in [0.1, 0.15) is 23.5 Å². The lowest BCUT2D eigenvalue weighted by atomic mass is 9.87. The number of halogens is 1. The smallest absolute Gasteiger partial charge is 0.133 e. The molecular formula is C17H21FN2O2S. The molecular weight excluding hydrogens is 315 g/mol. The van der Waals surface area contributed by atoms with E-state index in [2.05, 4.69) is 17.2 Å². The number of aliphatic hydroxyl groups is 1. The van der Waals surface area contributed by atoms with Crippen LogP contribution >= 0.6 is 11.3 Å². The molecule has 1 aliphatic heterocycles. The Morgan fingerprint density at radius 2 is 2.17 bits per heavy atom. The second kappa shape index (κ2) is 6.65. The van der Waals surface area contributed by atoms with Crippen molar-refractivity contribution in [3.63, 3.8) is 0 Å². The van der Waals surface area contributed by atoms with Gasteiger partial charge in [-0.15, -0.1) is 11.3 Å². The van der Waals surface area contributed by atoms with E-state index in [1.165, 1.54) is 17.4 Å². The maximum atomic E-state index is 13.9. The van der Waals surface area contributed by atoms with Crippen LogP contribution in [-0.2, 0) is 4.74 Å². The van der Waals surface area contributed by atoms with Gasteiger partial charge in [0.1, 0.15) is 10.8 Å². The number of hydrogen-bond donors (Lipinski definition) is 2. The van der Waals surface area contributed by atoms with Gasteiger partial charge in [0.25, 0.3) is 0 Å². The number of thiazole rings is 1. The SMILES string of the molecule is Cc1nc(-c2ccccc2F)sc1C(C)NCC1(CO)COC1. The van der Waals surface area contributed by atoms with Gasteiger partial charge in [-0.25, -0.2) is 9.37 Å². The van der Waals surface area contributed by atoms with Crippen LogP contribution in [0.15, 0.2) is 24.3 Å². The molecule has 0 spiro atoms. The van der Waals surface area contributed by atoms with Gasteiger partial charge in [0.2, 0.25) is 0 Å². The summed E-state index contributed by atoms with van der Waals surface area (Å²) >= 11 is 1.51. The molecule has 2 aromatic rings. The Hall–Kier alpha value is -1.34. The Kier molecular flexibility index (Phi) is 4.77. The van der Waals surface area contributed by atoms with Crippen molar-refractivity contribution < 1.29 is 14.2 Å². The monoisotopic (exact) mass is 336 g/mol. The third-order valence-corrected chi connectivity index (χ3v) is 5.64. The molecule has 6 heteroatoms. The number of hydrogen-bond acceptors (Lipinski definition) is 5. The minimum Gasteiger partial charge on any atom is -0.396 e. The van der Waals surface area contributed by atoms with E-state index in [0.717, 1.165) is 10.6 Å². The zero-order valence-corrected chi connectivity index (χ0v) is 14.1. The van der Waals surface area contributed by atoms with Gasteiger partial charge in [0.15, 0.2) is 0 Å². The van der Waals surface area contributed by atoms with Gasteiger partial charge in [0.05, 0.1) is 30.9 Å². The van der Waals surface area contributed by atoms with Crippen LogP contribution in [0.4, 0.5) is 4.39 Å². The summed E-state index contributed by atoms with van der Waals surface area (Å²) in [6.45, 7) is 6.00. The highest BCUT2D eigenvalue weighted by atomic mass is 32.1. The van der Waals surface area contributed by atoms with E-state index in [0.29, 0.717) is 30.3 Å². The average molecular weight is 336 g/mol. The molecule has 1 saturated heterocycles. The summed E-state index contributed by atoms with van der Waals surface area (Å²) in [5.41, 5.74) is 1.29. The van der Waals surface area contributed by atoms with Crippen LogP contribution in [0.5, 0.6) is 0 Å². The summed E-state index contributed by atoms with van der Waals surface area (Å²) in [7, 11) is 0. The minimum absolute atomic E-state index is 0.0945. The first kappa shape index (κ1) is 16.5. The number of nitrogens with zero attached hydrogens (tertiary/aromatic N) is 1. The number of benzene rings is 1. The normalized spacial score (nSPS) is 17.7. The van der Waals surface area contributed by atoms with E-state index < -0.39 is 0 Å². The van der Waals surface area contributed by atoms with Gasteiger partial charge in [-0.05, 0) is 26.0 Å². The Morgan fingerprint density at radius 3 is 2.78 bits per heavy atom. The van der Waals surface area contributed by atoms with Crippen molar-refractivity contribution >= 4 is 11.3 Å². The van der Waals surface area contributed by atoms with Crippen LogP contribution in [0.25, 0.3) is 10.6 Å². The standard InChI is InChI=1S/C17H21FN2O2S/c1-11(19-7-17(8-21)9-22-10-17)15-12(2)20-16(23-15)13-5-3-4-6-14(13)18/h3-6,11,19,21H,7-10H2,1-2H3. The van der Waals surface area contributed by atoms with Gasteiger partial charge in [0, 0.05) is 23.0 Å². The van der Waals surface area contributed by atoms with Crippen molar-refractivity contribution in [2.45, 2.75) is 19.9 Å². The number of aliphatic hydroxyl groups excluding tert-OH is 1. The molecule has 1 atom stereocenters. The van der Waals surface area contributed by atoms with E-state index in [4.69, 9.17) is 4.74 Å². The van der Waals surface area contributed by atoms with Gasteiger partial charge < -0.3 is 15.2 Å². The molecule has 0 bridgehead atoms. The molecule has 1 fully saturated rings. The van der Waals surface area contributed by atoms with Crippen molar-refractivity contribution in [3.8, 4) is 10.6 Å². The van der Waals surface area contributed by atoms with Crippen LogP contribution in [-0.4, -0.2) is 36.5 Å². The number of aryl methyl sites for hydroxylation is 1. The van der Waals surface area contributed by atoms with Crippen molar-refractivity contribution in [2.24, 2.45) is 5.41 Å². The summed E-state index contributed by atoms with van der Waals surface area (Å²) in [5.74, 6) is -0.251. The third kappa shape index (κ3) is 3.30. The number of aromatic nitrogens is 1. The molecule has 0 aliphatic carbocycles. The lowest BCUT2D eigenvalue weighted by molar-refractivity contribution is -0.135. The van der Waals surface area contributed by atoms with Gasteiger partial charge in [-0.3, -0.25) is 0 Å². The topological polar surface area (TPSA) is 54.4 Å². The molecule has 124 valence electrons. The number of nitrogens with one attached hydrogen (secondary N) is 1. The minimum atomic E-state index is -0.251. The predicted molar refractivity (Wildman–Crippen MR) is 89.0 cm³/mol. The second-order valence-electron chi connectivity index (χ2n) is 6.20. The average Bonchev–Trinajstić information content (AvgIpc) is 2.88. The Labute approximate surface area is 139 Å². The molecule has 0 radical (unpaired) electrons. The highest BCUT2D eigenvalue weighted by Gasteiger charge is 2.38.